The van der Waals surface area contributed by atoms with E-state index in [1.165, 1.54) is 0 Å². The Morgan fingerprint density at radius 3 is 2.52 bits per heavy atom. The van der Waals surface area contributed by atoms with Crippen LogP contribution in [0.3, 0.4) is 0 Å². The summed E-state index contributed by atoms with van der Waals surface area (Å²) in [5.41, 5.74) is 0.618. The van der Waals surface area contributed by atoms with Gasteiger partial charge in [-0.2, -0.15) is 0 Å². The average molecular weight is 348 g/mol. The molecule has 1 amide bonds. The van der Waals surface area contributed by atoms with Crippen molar-refractivity contribution in [1.82, 2.24) is 5.32 Å². The Hall–Kier alpha value is -1.91. The maximum atomic E-state index is 12.0. The zero-order chi connectivity index (χ0) is 16.5. The summed E-state index contributed by atoms with van der Waals surface area (Å²) in [6.45, 7) is 4.64. The summed E-state index contributed by atoms with van der Waals surface area (Å²) in [6.07, 6.45) is 1.68. The van der Waals surface area contributed by atoms with Gasteiger partial charge in [-0.05, 0) is 48.5 Å². The third kappa shape index (κ3) is 6.00. The second-order valence-corrected chi connectivity index (χ2v) is 6.29. The largest absolute Gasteiger partial charge is 0.490 e. The van der Waals surface area contributed by atoms with Crippen LogP contribution in [0.25, 0.3) is 0 Å². The SMILES string of the molecule is C=CCOc1ccc(C(=O)NCCSc2ccc(Cl)cc2)cc1. The van der Waals surface area contributed by atoms with Crippen molar-refractivity contribution in [3.63, 3.8) is 0 Å². The fourth-order valence-electron chi connectivity index (χ4n) is 1.82. The van der Waals surface area contributed by atoms with Gasteiger partial charge in [-0.25, -0.2) is 0 Å². The first-order valence-electron chi connectivity index (χ1n) is 7.19. The monoisotopic (exact) mass is 347 g/mol. The minimum atomic E-state index is -0.0861. The molecule has 0 saturated heterocycles. The standard InChI is InChI=1S/C18H18ClNO2S/c1-2-12-22-16-7-3-14(4-8-16)18(21)20-11-13-23-17-9-5-15(19)6-10-17/h2-10H,1,11-13H2,(H,20,21). The van der Waals surface area contributed by atoms with Gasteiger partial charge >= 0.3 is 0 Å². The van der Waals surface area contributed by atoms with E-state index in [2.05, 4.69) is 11.9 Å². The third-order valence-electron chi connectivity index (χ3n) is 2.95. The molecule has 0 unspecified atom stereocenters. The molecule has 1 N–H and O–H groups in total. The van der Waals surface area contributed by atoms with Gasteiger partial charge in [0.05, 0.1) is 0 Å². The van der Waals surface area contributed by atoms with E-state index < -0.39 is 0 Å². The van der Waals surface area contributed by atoms with E-state index in [1.807, 2.05) is 24.3 Å². The first-order valence-corrected chi connectivity index (χ1v) is 8.56. The maximum absolute atomic E-state index is 12.0. The summed E-state index contributed by atoms with van der Waals surface area (Å²) in [6, 6.07) is 14.7. The zero-order valence-corrected chi connectivity index (χ0v) is 14.2. The molecular formula is C18H18ClNO2S. The van der Waals surface area contributed by atoms with Gasteiger partial charge in [0, 0.05) is 27.8 Å². The van der Waals surface area contributed by atoms with Crippen molar-refractivity contribution in [1.29, 1.82) is 0 Å². The van der Waals surface area contributed by atoms with Gasteiger partial charge in [0.25, 0.3) is 5.91 Å². The van der Waals surface area contributed by atoms with Gasteiger partial charge in [0.2, 0.25) is 0 Å². The summed E-state index contributed by atoms with van der Waals surface area (Å²) in [5.74, 6) is 1.44. The Bertz CT molecular complexity index is 641. The third-order valence-corrected chi connectivity index (χ3v) is 4.22. The molecule has 2 rings (SSSR count). The second kappa shape index (κ2) is 9.28. The Morgan fingerprint density at radius 2 is 1.87 bits per heavy atom. The van der Waals surface area contributed by atoms with Crippen molar-refractivity contribution in [3.8, 4) is 5.75 Å². The summed E-state index contributed by atoms with van der Waals surface area (Å²) < 4.78 is 5.38. The average Bonchev–Trinajstić information content (AvgIpc) is 2.58. The lowest BCUT2D eigenvalue weighted by molar-refractivity contribution is 0.0956. The minimum absolute atomic E-state index is 0.0861. The van der Waals surface area contributed by atoms with Crippen molar-refractivity contribution in [2.45, 2.75) is 4.90 Å². The smallest absolute Gasteiger partial charge is 0.251 e. The highest BCUT2D eigenvalue weighted by Crippen LogP contribution is 2.19. The summed E-state index contributed by atoms with van der Waals surface area (Å²) in [7, 11) is 0. The molecule has 0 aliphatic heterocycles. The highest BCUT2D eigenvalue weighted by Gasteiger charge is 2.05. The molecule has 0 aromatic heterocycles. The number of hydrogen-bond donors (Lipinski definition) is 1. The van der Waals surface area contributed by atoms with E-state index in [0.717, 1.165) is 21.4 Å². The molecule has 0 radical (unpaired) electrons. The molecule has 0 atom stereocenters. The first kappa shape index (κ1) is 17.4. The summed E-state index contributed by atoms with van der Waals surface area (Å²) >= 11 is 7.52. The van der Waals surface area contributed by atoms with Gasteiger partial charge in [-0.1, -0.05) is 24.3 Å². The minimum Gasteiger partial charge on any atom is -0.490 e. The molecule has 0 heterocycles. The predicted octanol–water partition coefficient (Wildman–Crippen LogP) is 4.43. The van der Waals surface area contributed by atoms with Crippen LogP contribution in [0.15, 0.2) is 66.1 Å². The first-order chi connectivity index (χ1) is 11.2. The van der Waals surface area contributed by atoms with Gasteiger partial charge in [-0.15, -0.1) is 11.8 Å². The number of amides is 1. The maximum Gasteiger partial charge on any atom is 0.251 e. The van der Waals surface area contributed by atoms with Crippen LogP contribution < -0.4 is 10.1 Å². The van der Waals surface area contributed by atoms with E-state index in [1.54, 1.807) is 42.1 Å². The summed E-state index contributed by atoms with van der Waals surface area (Å²) in [4.78, 5) is 13.2. The molecule has 0 aliphatic rings. The van der Waals surface area contributed by atoms with E-state index in [4.69, 9.17) is 16.3 Å². The van der Waals surface area contributed by atoms with Gasteiger partial charge in [0.1, 0.15) is 12.4 Å². The molecule has 23 heavy (non-hydrogen) atoms. The Kier molecular flexibility index (Phi) is 7.04. The van der Waals surface area contributed by atoms with E-state index in [0.29, 0.717) is 18.7 Å². The zero-order valence-electron chi connectivity index (χ0n) is 12.6. The van der Waals surface area contributed by atoms with E-state index in [-0.39, 0.29) is 5.91 Å². The second-order valence-electron chi connectivity index (χ2n) is 4.68. The topological polar surface area (TPSA) is 38.3 Å². The van der Waals surface area contributed by atoms with Crippen molar-refractivity contribution >= 4 is 29.3 Å². The molecule has 0 aliphatic carbocycles. The molecule has 2 aromatic carbocycles. The van der Waals surface area contributed by atoms with Crippen molar-refractivity contribution in [3.05, 3.63) is 71.8 Å². The van der Waals surface area contributed by atoms with Crippen LogP contribution in [0.4, 0.5) is 0 Å². The van der Waals surface area contributed by atoms with Crippen molar-refractivity contribution in [2.24, 2.45) is 0 Å². The number of rotatable bonds is 8. The number of ether oxygens (including phenoxy) is 1. The molecule has 0 bridgehead atoms. The fraction of sp³-hybridized carbons (Fsp3) is 0.167. The molecule has 0 spiro atoms. The van der Waals surface area contributed by atoms with Crippen LogP contribution in [0.1, 0.15) is 10.4 Å². The van der Waals surface area contributed by atoms with Crippen LogP contribution in [-0.2, 0) is 0 Å². The van der Waals surface area contributed by atoms with Crippen molar-refractivity contribution in [2.75, 3.05) is 18.9 Å². The van der Waals surface area contributed by atoms with Crippen LogP contribution >= 0.6 is 23.4 Å². The Balaban J connectivity index is 1.73. The number of carbonyl (C=O) groups excluding carboxylic acids is 1. The molecule has 120 valence electrons. The molecule has 5 heteroatoms. The Morgan fingerprint density at radius 1 is 1.17 bits per heavy atom. The number of carbonyl (C=O) groups is 1. The molecule has 3 nitrogen and oxygen atoms in total. The van der Waals surface area contributed by atoms with E-state index >= 15 is 0 Å². The number of thioether (sulfide) groups is 1. The van der Waals surface area contributed by atoms with Crippen molar-refractivity contribution < 1.29 is 9.53 Å². The highest BCUT2D eigenvalue weighted by molar-refractivity contribution is 7.99. The molecule has 0 fully saturated rings. The van der Waals surface area contributed by atoms with Gasteiger partial charge in [0.15, 0.2) is 0 Å². The molecule has 2 aromatic rings. The van der Waals surface area contributed by atoms with Gasteiger partial charge in [-0.3, -0.25) is 4.79 Å². The number of hydrogen-bond acceptors (Lipinski definition) is 3. The fourth-order valence-corrected chi connectivity index (χ4v) is 2.72. The number of benzene rings is 2. The van der Waals surface area contributed by atoms with Crippen LogP contribution in [0.2, 0.25) is 5.02 Å². The van der Waals surface area contributed by atoms with Gasteiger partial charge < -0.3 is 10.1 Å². The lowest BCUT2D eigenvalue weighted by Gasteiger charge is -2.07. The predicted molar refractivity (Wildman–Crippen MR) is 96.6 cm³/mol. The highest BCUT2D eigenvalue weighted by atomic mass is 35.5. The van der Waals surface area contributed by atoms with E-state index in [9.17, 15) is 4.79 Å². The molecular weight excluding hydrogens is 330 g/mol. The lowest BCUT2D eigenvalue weighted by Crippen LogP contribution is -2.25. The molecule has 0 saturated carbocycles. The quantitative estimate of drug-likeness (QED) is 0.436. The number of nitrogens with one attached hydrogen (secondary N) is 1. The summed E-state index contributed by atoms with van der Waals surface area (Å²) in [5, 5.41) is 3.63. The van der Waals surface area contributed by atoms with Crippen LogP contribution in [0.5, 0.6) is 5.75 Å². The normalized spacial score (nSPS) is 10.1. The van der Waals surface area contributed by atoms with Crippen LogP contribution in [-0.4, -0.2) is 24.8 Å². The number of halogens is 1. The lowest BCUT2D eigenvalue weighted by atomic mass is 10.2. The Labute approximate surface area is 145 Å². The van der Waals surface area contributed by atoms with Crippen LogP contribution in [0, 0.1) is 0 Å².